The van der Waals surface area contributed by atoms with Crippen LogP contribution in [0.25, 0.3) is 0 Å². The van der Waals surface area contributed by atoms with Gasteiger partial charge in [-0.2, -0.15) is 13.2 Å². The van der Waals surface area contributed by atoms with Crippen LogP contribution in [-0.4, -0.2) is 39.8 Å². The number of halogens is 5. The number of aromatic nitrogens is 1. The van der Waals surface area contributed by atoms with Gasteiger partial charge in [0.1, 0.15) is 5.82 Å². The molecule has 2 aromatic rings. The molecule has 4 amide bonds. The van der Waals surface area contributed by atoms with Crippen LogP contribution in [0.3, 0.4) is 0 Å². The van der Waals surface area contributed by atoms with Crippen LogP contribution < -0.4 is 16.2 Å². The second-order valence-electron chi connectivity index (χ2n) is 8.58. The van der Waals surface area contributed by atoms with Crippen molar-refractivity contribution < 1.29 is 31.9 Å². The summed E-state index contributed by atoms with van der Waals surface area (Å²) in [5.74, 6) is -2.61. The molecule has 3 rings (SSSR count). The molecule has 0 spiro atoms. The van der Waals surface area contributed by atoms with Gasteiger partial charge in [0, 0.05) is 23.8 Å². The molecule has 8 nitrogen and oxygen atoms in total. The largest absolute Gasteiger partial charge is 0.416 e. The third-order valence-electron chi connectivity index (χ3n) is 5.84. The van der Waals surface area contributed by atoms with Crippen LogP contribution in [0.15, 0.2) is 30.5 Å². The average molecular weight is 530 g/mol. The minimum absolute atomic E-state index is 0.0953. The molecule has 1 aromatic heterocycles. The Kier molecular flexibility index (Phi) is 8.07. The van der Waals surface area contributed by atoms with Gasteiger partial charge in [0.25, 0.3) is 11.8 Å². The first-order valence-electron chi connectivity index (χ1n) is 11.0. The number of benzene rings is 1. The zero-order chi connectivity index (χ0) is 26.8. The first-order valence-corrected chi connectivity index (χ1v) is 11.4. The normalized spacial score (nSPS) is 18.5. The van der Waals surface area contributed by atoms with Crippen molar-refractivity contribution >= 4 is 29.4 Å². The average Bonchev–Trinajstić information content (AvgIpc) is 3.13. The molecule has 0 radical (unpaired) electrons. The number of pyridine rings is 1. The summed E-state index contributed by atoms with van der Waals surface area (Å²) >= 11 is 6.30. The number of nitrogens with zero attached hydrogens (tertiary/aromatic N) is 2. The van der Waals surface area contributed by atoms with E-state index in [0.29, 0.717) is 17.7 Å². The van der Waals surface area contributed by atoms with Crippen LogP contribution in [-0.2, 0) is 6.18 Å². The van der Waals surface area contributed by atoms with E-state index in [2.05, 4.69) is 10.3 Å². The Bertz CT molecular complexity index is 1170. The van der Waals surface area contributed by atoms with Crippen LogP contribution in [0.4, 0.5) is 22.4 Å². The van der Waals surface area contributed by atoms with Crippen molar-refractivity contribution in [2.45, 2.75) is 57.9 Å². The highest BCUT2D eigenvalue weighted by Gasteiger charge is 2.33. The molecule has 0 bridgehead atoms. The molecule has 0 saturated carbocycles. The maximum atomic E-state index is 13.5. The van der Waals surface area contributed by atoms with E-state index in [1.807, 2.05) is 24.7 Å². The molecule has 1 aromatic carbocycles. The number of rotatable bonds is 4. The standard InChI is InChI=1S/C23H24ClF4N5O3/c1-11-4-5-12(2)33(11)21(35)15-8-18(24)19(29-10-15)13(3)30-22(36)32-31-20(34)14-6-16(23(26,27)28)9-17(25)7-14/h6-13H,4-5H2,1-3H3,(H,31,34)(H2,30,32,36)/t11-,12+,13-/m1/s1. The molecule has 1 aliphatic heterocycles. The van der Waals surface area contributed by atoms with Gasteiger partial charge in [-0.05, 0) is 57.9 Å². The first-order chi connectivity index (χ1) is 16.8. The van der Waals surface area contributed by atoms with E-state index in [-0.39, 0.29) is 34.8 Å². The number of amides is 4. The zero-order valence-corrected chi connectivity index (χ0v) is 20.3. The van der Waals surface area contributed by atoms with E-state index in [4.69, 9.17) is 11.6 Å². The predicted molar refractivity (Wildman–Crippen MR) is 123 cm³/mol. The fraction of sp³-hybridized carbons (Fsp3) is 0.391. The van der Waals surface area contributed by atoms with E-state index < -0.39 is 41.1 Å². The number of nitrogens with one attached hydrogen (secondary N) is 3. The molecule has 1 saturated heterocycles. The Hall–Kier alpha value is -3.41. The zero-order valence-electron chi connectivity index (χ0n) is 19.5. The Balaban J connectivity index is 1.60. The van der Waals surface area contributed by atoms with Gasteiger partial charge in [-0.25, -0.2) is 14.6 Å². The molecule has 1 fully saturated rings. The van der Waals surface area contributed by atoms with Crippen molar-refractivity contribution in [3.8, 4) is 0 Å². The summed E-state index contributed by atoms with van der Waals surface area (Å²) in [5.41, 5.74) is 2.44. The van der Waals surface area contributed by atoms with E-state index >= 15 is 0 Å². The van der Waals surface area contributed by atoms with Crippen molar-refractivity contribution in [3.05, 3.63) is 63.7 Å². The summed E-state index contributed by atoms with van der Waals surface area (Å²) < 4.78 is 52.0. The number of carbonyl (C=O) groups excluding carboxylic acids is 3. The number of hydrazine groups is 1. The lowest BCUT2D eigenvalue weighted by Gasteiger charge is -2.26. The van der Waals surface area contributed by atoms with Crippen LogP contribution in [0.1, 0.15) is 71.6 Å². The van der Waals surface area contributed by atoms with Crippen LogP contribution in [0.2, 0.25) is 5.02 Å². The van der Waals surface area contributed by atoms with Crippen molar-refractivity contribution in [3.63, 3.8) is 0 Å². The van der Waals surface area contributed by atoms with E-state index in [9.17, 15) is 31.9 Å². The number of hydrogen-bond acceptors (Lipinski definition) is 4. The third kappa shape index (κ3) is 6.23. The van der Waals surface area contributed by atoms with Crippen molar-refractivity contribution in [2.24, 2.45) is 0 Å². The molecule has 3 atom stereocenters. The SMILES string of the molecule is C[C@@H]1CC[C@H](C)N1C(=O)c1cnc([C@@H](C)NC(=O)NNC(=O)c2cc(F)cc(C(F)(F)F)c2)c(Cl)c1. The van der Waals surface area contributed by atoms with Gasteiger partial charge in [-0.1, -0.05) is 11.6 Å². The van der Waals surface area contributed by atoms with Crippen LogP contribution in [0, 0.1) is 5.82 Å². The minimum Gasteiger partial charge on any atom is -0.333 e. The summed E-state index contributed by atoms with van der Waals surface area (Å²) in [6.45, 7) is 5.49. The van der Waals surface area contributed by atoms with E-state index in [1.54, 1.807) is 11.8 Å². The maximum Gasteiger partial charge on any atom is 0.416 e. The molecule has 2 heterocycles. The summed E-state index contributed by atoms with van der Waals surface area (Å²) in [7, 11) is 0. The Morgan fingerprint density at radius 1 is 1.06 bits per heavy atom. The highest BCUT2D eigenvalue weighted by Crippen LogP contribution is 2.30. The highest BCUT2D eigenvalue weighted by atomic mass is 35.5. The van der Waals surface area contributed by atoms with Gasteiger partial charge in [0.05, 0.1) is 27.9 Å². The lowest BCUT2D eigenvalue weighted by atomic mass is 10.1. The quantitative estimate of drug-likeness (QED) is 0.397. The molecular weight excluding hydrogens is 506 g/mol. The van der Waals surface area contributed by atoms with Gasteiger partial charge in [-0.15, -0.1) is 0 Å². The number of likely N-dealkylation sites (tertiary alicyclic amines) is 1. The molecule has 0 unspecified atom stereocenters. The lowest BCUT2D eigenvalue weighted by Crippen LogP contribution is -2.47. The summed E-state index contributed by atoms with van der Waals surface area (Å²) in [4.78, 5) is 43.1. The van der Waals surface area contributed by atoms with Gasteiger partial charge in [-0.3, -0.25) is 20.0 Å². The fourth-order valence-electron chi connectivity index (χ4n) is 4.00. The number of alkyl halides is 3. The smallest absolute Gasteiger partial charge is 0.333 e. The second-order valence-corrected chi connectivity index (χ2v) is 8.99. The summed E-state index contributed by atoms with van der Waals surface area (Å²) in [6.07, 6.45) is -1.68. The van der Waals surface area contributed by atoms with E-state index in [0.717, 1.165) is 12.8 Å². The molecule has 13 heteroatoms. The molecule has 36 heavy (non-hydrogen) atoms. The Labute approximate surface area is 209 Å². The summed E-state index contributed by atoms with van der Waals surface area (Å²) in [6, 6.07) is 1.26. The lowest BCUT2D eigenvalue weighted by molar-refractivity contribution is -0.137. The van der Waals surface area contributed by atoms with Gasteiger partial charge >= 0.3 is 12.2 Å². The monoisotopic (exact) mass is 529 g/mol. The molecule has 1 aliphatic rings. The van der Waals surface area contributed by atoms with Gasteiger partial charge < -0.3 is 10.2 Å². The van der Waals surface area contributed by atoms with Crippen molar-refractivity contribution in [1.82, 2.24) is 26.1 Å². The molecule has 3 N–H and O–H groups in total. The Morgan fingerprint density at radius 3 is 2.28 bits per heavy atom. The van der Waals surface area contributed by atoms with E-state index in [1.165, 1.54) is 12.3 Å². The minimum atomic E-state index is -4.85. The van der Waals surface area contributed by atoms with Crippen LogP contribution in [0.5, 0.6) is 0 Å². The molecule has 194 valence electrons. The fourth-order valence-corrected chi connectivity index (χ4v) is 4.33. The number of carbonyl (C=O) groups is 3. The van der Waals surface area contributed by atoms with Crippen LogP contribution >= 0.6 is 11.6 Å². The van der Waals surface area contributed by atoms with Gasteiger partial charge in [0.15, 0.2) is 0 Å². The third-order valence-corrected chi connectivity index (χ3v) is 6.14. The van der Waals surface area contributed by atoms with Crippen molar-refractivity contribution in [2.75, 3.05) is 0 Å². The number of hydrogen-bond donors (Lipinski definition) is 3. The van der Waals surface area contributed by atoms with Gasteiger partial charge in [0.2, 0.25) is 0 Å². The first kappa shape index (κ1) is 27.2. The molecule has 0 aliphatic carbocycles. The highest BCUT2D eigenvalue weighted by molar-refractivity contribution is 6.31. The number of urea groups is 1. The van der Waals surface area contributed by atoms with Crippen molar-refractivity contribution in [1.29, 1.82) is 0 Å². The maximum absolute atomic E-state index is 13.5. The topological polar surface area (TPSA) is 103 Å². The summed E-state index contributed by atoms with van der Waals surface area (Å²) in [5, 5.41) is 2.58. The second kappa shape index (κ2) is 10.7. The predicted octanol–water partition coefficient (Wildman–Crippen LogP) is 4.61. The molecular formula is C23H24ClF4N5O3. The Morgan fingerprint density at radius 2 is 1.69 bits per heavy atom.